The normalized spacial score (nSPS) is 19.3. The average molecular weight is 288 g/mol. The predicted molar refractivity (Wildman–Crippen MR) is 62.8 cm³/mol. The van der Waals surface area contributed by atoms with Gasteiger partial charge in [0.15, 0.2) is 5.76 Å². The third kappa shape index (κ3) is 2.47. The van der Waals surface area contributed by atoms with Crippen LogP contribution in [-0.4, -0.2) is 30.0 Å². The highest BCUT2D eigenvalue weighted by Crippen LogP contribution is 2.23. The number of furan rings is 1. The summed E-state index contributed by atoms with van der Waals surface area (Å²) in [5.74, 6) is 0.193. The molecule has 16 heavy (non-hydrogen) atoms. The SMILES string of the molecule is O=C(NC1(CBr)CCOCC1)c1ccco1. The van der Waals surface area contributed by atoms with Crippen LogP contribution < -0.4 is 5.32 Å². The smallest absolute Gasteiger partial charge is 0.287 e. The van der Waals surface area contributed by atoms with Crippen LogP contribution in [0.4, 0.5) is 0 Å². The molecular weight excluding hydrogens is 274 g/mol. The van der Waals surface area contributed by atoms with Crippen molar-refractivity contribution in [1.29, 1.82) is 0 Å². The Morgan fingerprint density at radius 2 is 2.25 bits per heavy atom. The summed E-state index contributed by atoms with van der Waals surface area (Å²) in [6.07, 6.45) is 3.15. The second kappa shape index (κ2) is 5.01. The summed E-state index contributed by atoms with van der Waals surface area (Å²) in [5.41, 5.74) is -0.206. The zero-order valence-corrected chi connectivity index (χ0v) is 10.5. The molecule has 1 saturated heterocycles. The van der Waals surface area contributed by atoms with E-state index in [2.05, 4.69) is 21.2 Å². The van der Waals surface area contributed by atoms with E-state index in [1.165, 1.54) is 6.26 Å². The highest BCUT2D eigenvalue weighted by molar-refractivity contribution is 9.09. The van der Waals surface area contributed by atoms with Crippen molar-refractivity contribution in [2.24, 2.45) is 0 Å². The Labute approximate surface area is 102 Å². The van der Waals surface area contributed by atoms with E-state index >= 15 is 0 Å². The van der Waals surface area contributed by atoms with Crippen LogP contribution in [0.25, 0.3) is 0 Å². The van der Waals surface area contributed by atoms with Gasteiger partial charge in [0.05, 0.1) is 11.8 Å². The summed E-state index contributed by atoms with van der Waals surface area (Å²) in [7, 11) is 0. The van der Waals surface area contributed by atoms with Crippen molar-refractivity contribution in [2.75, 3.05) is 18.5 Å². The topological polar surface area (TPSA) is 51.5 Å². The van der Waals surface area contributed by atoms with Crippen molar-refractivity contribution in [1.82, 2.24) is 5.32 Å². The molecule has 0 aromatic carbocycles. The molecule has 4 nitrogen and oxygen atoms in total. The van der Waals surface area contributed by atoms with Gasteiger partial charge in [-0.2, -0.15) is 0 Å². The Morgan fingerprint density at radius 1 is 1.50 bits per heavy atom. The lowest BCUT2D eigenvalue weighted by molar-refractivity contribution is 0.0433. The zero-order chi connectivity index (χ0) is 11.4. The molecule has 1 aromatic rings. The predicted octanol–water partition coefficient (Wildman–Crippen LogP) is 1.95. The molecule has 0 atom stereocenters. The second-order valence-corrected chi connectivity index (χ2v) is 4.52. The molecule has 1 fully saturated rings. The maximum absolute atomic E-state index is 11.9. The largest absolute Gasteiger partial charge is 0.459 e. The molecule has 1 aliphatic rings. The van der Waals surface area contributed by atoms with Gasteiger partial charge in [0, 0.05) is 18.5 Å². The van der Waals surface area contributed by atoms with Crippen LogP contribution in [0.1, 0.15) is 23.4 Å². The molecule has 0 saturated carbocycles. The van der Waals surface area contributed by atoms with Gasteiger partial charge in [0.2, 0.25) is 0 Å². The highest BCUT2D eigenvalue weighted by atomic mass is 79.9. The molecule has 0 aliphatic carbocycles. The van der Waals surface area contributed by atoms with Crippen LogP contribution in [0.5, 0.6) is 0 Å². The molecular formula is C11H14BrNO3. The number of alkyl halides is 1. The fourth-order valence-electron chi connectivity index (χ4n) is 1.76. The average Bonchev–Trinajstić information content (AvgIpc) is 2.84. The number of rotatable bonds is 3. The van der Waals surface area contributed by atoms with E-state index in [9.17, 15) is 4.79 Å². The molecule has 88 valence electrons. The molecule has 1 N–H and O–H groups in total. The molecule has 2 heterocycles. The van der Waals surface area contributed by atoms with Crippen molar-refractivity contribution in [3.05, 3.63) is 24.2 Å². The van der Waals surface area contributed by atoms with Crippen LogP contribution in [0.15, 0.2) is 22.8 Å². The first-order valence-electron chi connectivity index (χ1n) is 5.25. The van der Waals surface area contributed by atoms with Gasteiger partial charge in [0.25, 0.3) is 5.91 Å². The summed E-state index contributed by atoms with van der Waals surface area (Å²) in [4.78, 5) is 11.9. The maximum atomic E-state index is 11.9. The van der Waals surface area contributed by atoms with E-state index in [0.29, 0.717) is 19.0 Å². The minimum absolute atomic E-state index is 0.161. The van der Waals surface area contributed by atoms with Crippen molar-refractivity contribution in [3.8, 4) is 0 Å². The number of hydrogen-bond acceptors (Lipinski definition) is 3. The van der Waals surface area contributed by atoms with E-state index in [-0.39, 0.29) is 11.4 Å². The number of carbonyl (C=O) groups is 1. The molecule has 0 bridgehead atoms. The summed E-state index contributed by atoms with van der Waals surface area (Å²) < 4.78 is 10.4. The molecule has 5 heteroatoms. The Morgan fingerprint density at radius 3 is 2.81 bits per heavy atom. The summed E-state index contributed by atoms with van der Waals surface area (Å²) >= 11 is 3.46. The second-order valence-electron chi connectivity index (χ2n) is 3.96. The first kappa shape index (κ1) is 11.7. The number of ether oxygens (including phenoxy) is 1. The molecule has 1 amide bonds. The lowest BCUT2D eigenvalue weighted by Crippen LogP contribution is -2.53. The third-order valence-corrected chi connectivity index (χ3v) is 3.90. The maximum Gasteiger partial charge on any atom is 0.287 e. The zero-order valence-electron chi connectivity index (χ0n) is 8.87. The lowest BCUT2D eigenvalue weighted by atomic mass is 9.92. The molecule has 1 aliphatic heterocycles. The summed E-state index contributed by atoms with van der Waals surface area (Å²) in [6.45, 7) is 1.37. The first-order chi connectivity index (χ1) is 7.76. The van der Waals surface area contributed by atoms with Gasteiger partial charge in [-0.3, -0.25) is 4.79 Å². The van der Waals surface area contributed by atoms with Crippen molar-refractivity contribution in [3.63, 3.8) is 0 Å². The van der Waals surface area contributed by atoms with Gasteiger partial charge in [-0.1, -0.05) is 15.9 Å². The van der Waals surface area contributed by atoms with E-state index in [0.717, 1.165) is 18.2 Å². The quantitative estimate of drug-likeness (QED) is 0.865. The molecule has 0 radical (unpaired) electrons. The van der Waals surface area contributed by atoms with Crippen molar-refractivity contribution >= 4 is 21.8 Å². The lowest BCUT2D eigenvalue weighted by Gasteiger charge is -2.36. The Hall–Kier alpha value is -0.810. The minimum atomic E-state index is -0.206. The van der Waals surface area contributed by atoms with E-state index in [1.54, 1.807) is 12.1 Å². The molecule has 1 aromatic heterocycles. The van der Waals surface area contributed by atoms with Crippen LogP contribution in [0.3, 0.4) is 0 Å². The summed E-state index contributed by atoms with van der Waals surface area (Å²) in [6, 6.07) is 3.37. The molecule has 0 unspecified atom stereocenters. The van der Waals surface area contributed by atoms with Crippen LogP contribution in [0.2, 0.25) is 0 Å². The summed E-state index contributed by atoms with van der Waals surface area (Å²) in [5, 5.41) is 3.76. The van der Waals surface area contributed by atoms with Gasteiger partial charge >= 0.3 is 0 Å². The minimum Gasteiger partial charge on any atom is -0.459 e. The third-order valence-electron chi connectivity index (χ3n) is 2.83. The van der Waals surface area contributed by atoms with E-state index < -0.39 is 0 Å². The number of nitrogens with one attached hydrogen (secondary N) is 1. The van der Waals surface area contributed by atoms with E-state index in [4.69, 9.17) is 9.15 Å². The standard InChI is InChI=1S/C11H14BrNO3/c12-8-11(3-6-15-7-4-11)13-10(14)9-2-1-5-16-9/h1-2,5H,3-4,6-8H2,(H,13,14). The Bertz CT molecular complexity index is 344. The van der Waals surface area contributed by atoms with Crippen molar-refractivity contribution < 1.29 is 13.9 Å². The Kier molecular flexibility index (Phi) is 3.66. The van der Waals surface area contributed by atoms with E-state index in [1.807, 2.05) is 0 Å². The number of amides is 1. The van der Waals surface area contributed by atoms with Crippen LogP contribution in [-0.2, 0) is 4.74 Å². The molecule has 2 rings (SSSR count). The van der Waals surface area contributed by atoms with Gasteiger partial charge in [0.1, 0.15) is 0 Å². The fraction of sp³-hybridized carbons (Fsp3) is 0.545. The van der Waals surface area contributed by atoms with Gasteiger partial charge in [-0.15, -0.1) is 0 Å². The Balaban J connectivity index is 2.03. The first-order valence-corrected chi connectivity index (χ1v) is 6.38. The van der Waals surface area contributed by atoms with Gasteiger partial charge < -0.3 is 14.5 Å². The van der Waals surface area contributed by atoms with Gasteiger partial charge in [-0.05, 0) is 25.0 Å². The monoisotopic (exact) mass is 287 g/mol. The fourth-order valence-corrected chi connectivity index (χ4v) is 2.47. The number of halogens is 1. The van der Waals surface area contributed by atoms with Crippen LogP contribution in [0, 0.1) is 0 Å². The molecule has 0 spiro atoms. The van der Waals surface area contributed by atoms with Gasteiger partial charge in [-0.25, -0.2) is 0 Å². The number of hydrogen-bond donors (Lipinski definition) is 1. The van der Waals surface area contributed by atoms with Crippen molar-refractivity contribution in [2.45, 2.75) is 18.4 Å². The number of carbonyl (C=O) groups excluding carboxylic acids is 1. The van der Waals surface area contributed by atoms with Crippen LogP contribution >= 0.6 is 15.9 Å². The highest BCUT2D eigenvalue weighted by Gasteiger charge is 2.33.